The molecule has 0 radical (unpaired) electrons. The van der Waals surface area contributed by atoms with Crippen molar-refractivity contribution in [1.82, 2.24) is 4.90 Å². The van der Waals surface area contributed by atoms with Gasteiger partial charge in [-0.25, -0.2) is 0 Å². The molecule has 2 aromatic carbocycles. The fraction of sp³-hybridized carbons (Fsp3) is 0.417. The lowest BCUT2D eigenvalue weighted by atomic mass is 9.90. The van der Waals surface area contributed by atoms with Gasteiger partial charge in [-0.05, 0) is 55.2 Å². The molecule has 1 N–H and O–H groups in total. The first-order chi connectivity index (χ1) is 13.6. The molecule has 0 aromatic heterocycles. The Kier molecular flexibility index (Phi) is 6.85. The van der Waals surface area contributed by atoms with Crippen LogP contribution in [0.25, 0.3) is 0 Å². The van der Waals surface area contributed by atoms with Crippen molar-refractivity contribution in [3.63, 3.8) is 0 Å². The molecule has 2 amide bonds. The Hall–Kier alpha value is -2.62. The van der Waals surface area contributed by atoms with E-state index in [9.17, 15) is 9.59 Å². The van der Waals surface area contributed by atoms with Crippen molar-refractivity contribution in [2.75, 3.05) is 18.4 Å². The van der Waals surface area contributed by atoms with Crippen LogP contribution in [0.5, 0.6) is 0 Å². The minimum Gasteiger partial charge on any atom is -0.342 e. The standard InChI is InChI=1S/C24H30N2O2/c1-3-21-11-7-8-18(2)24(21)25-22(27)17-23(28)26-14-12-20(13-15-26)16-19-9-5-4-6-10-19/h4-11,20H,3,12-17H2,1-2H3,(H,25,27). The summed E-state index contributed by atoms with van der Waals surface area (Å²) in [4.78, 5) is 26.8. The average molecular weight is 379 g/mol. The van der Waals surface area contributed by atoms with Gasteiger partial charge in [-0.15, -0.1) is 0 Å². The Morgan fingerprint density at radius 2 is 1.75 bits per heavy atom. The average Bonchev–Trinajstić information content (AvgIpc) is 2.70. The molecule has 2 aromatic rings. The van der Waals surface area contributed by atoms with Crippen molar-refractivity contribution in [2.24, 2.45) is 5.92 Å². The van der Waals surface area contributed by atoms with Gasteiger partial charge in [0.25, 0.3) is 0 Å². The van der Waals surface area contributed by atoms with Gasteiger partial charge in [0, 0.05) is 18.8 Å². The number of likely N-dealkylation sites (tertiary alicyclic amines) is 1. The summed E-state index contributed by atoms with van der Waals surface area (Å²) < 4.78 is 0. The molecular formula is C24H30N2O2. The van der Waals surface area contributed by atoms with Crippen LogP contribution in [0.3, 0.4) is 0 Å². The SMILES string of the molecule is CCc1cccc(C)c1NC(=O)CC(=O)N1CCC(Cc2ccccc2)CC1. The number of anilines is 1. The number of piperidine rings is 1. The van der Waals surface area contributed by atoms with Crippen LogP contribution in [0.1, 0.15) is 42.9 Å². The zero-order chi connectivity index (χ0) is 19.9. The van der Waals surface area contributed by atoms with Gasteiger partial charge in [0.05, 0.1) is 0 Å². The molecule has 0 saturated carbocycles. The van der Waals surface area contributed by atoms with Crippen LogP contribution >= 0.6 is 0 Å². The molecule has 0 bridgehead atoms. The Morgan fingerprint density at radius 1 is 1.04 bits per heavy atom. The van der Waals surface area contributed by atoms with Crippen molar-refractivity contribution < 1.29 is 9.59 Å². The van der Waals surface area contributed by atoms with E-state index in [1.807, 2.05) is 36.1 Å². The number of amides is 2. The first-order valence-electron chi connectivity index (χ1n) is 10.3. The number of benzene rings is 2. The third-order valence-corrected chi connectivity index (χ3v) is 5.65. The minimum atomic E-state index is -0.222. The molecule has 1 aliphatic rings. The number of aryl methyl sites for hydroxylation is 2. The minimum absolute atomic E-state index is 0.0673. The van der Waals surface area contributed by atoms with Crippen LogP contribution in [-0.2, 0) is 22.4 Å². The number of nitrogens with one attached hydrogen (secondary N) is 1. The number of nitrogens with zero attached hydrogens (tertiary/aromatic N) is 1. The summed E-state index contributed by atoms with van der Waals surface area (Å²) >= 11 is 0. The lowest BCUT2D eigenvalue weighted by Gasteiger charge is -2.32. The van der Waals surface area contributed by atoms with E-state index in [1.54, 1.807) is 0 Å². The first kappa shape index (κ1) is 20.1. The monoisotopic (exact) mass is 378 g/mol. The normalized spacial score (nSPS) is 14.7. The Balaban J connectivity index is 1.48. The number of carbonyl (C=O) groups excluding carboxylic acids is 2. The number of hydrogen-bond acceptors (Lipinski definition) is 2. The van der Waals surface area contributed by atoms with Crippen molar-refractivity contribution in [3.8, 4) is 0 Å². The molecule has 1 aliphatic heterocycles. The van der Waals surface area contributed by atoms with E-state index >= 15 is 0 Å². The number of hydrogen-bond donors (Lipinski definition) is 1. The van der Waals surface area contributed by atoms with Gasteiger partial charge < -0.3 is 10.2 Å². The summed E-state index contributed by atoms with van der Waals surface area (Å²) in [5, 5.41) is 2.95. The summed E-state index contributed by atoms with van der Waals surface area (Å²) in [6, 6.07) is 16.5. The van der Waals surface area contributed by atoms with Gasteiger partial charge in [0.15, 0.2) is 0 Å². The van der Waals surface area contributed by atoms with Crippen LogP contribution in [0.15, 0.2) is 48.5 Å². The number of rotatable bonds is 6. The number of carbonyl (C=O) groups is 2. The van der Waals surface area contributed by atoms with E-state index in [1.165, 1.54) is 5.56 Å². The molecule has 4 nitrogen and oxygen atoms in total. The van der Waals surface area contributed by atoms with Crippen LogP contribution in [-0.4, -0.2) is 29.8 Å². The van der Waals surface area contributed by atoms with E-state index in [-0.39, 0.29) is 18.2 Å². The van der Waals surface area contributed by atoms with Crippen molar-refractivity contribution in [1.29, 1.82) is 0 Å². The molecule has 1 fully saturated rings. The third kappa shape index (κ3) is 5.22. The quantitative estimate of drug-likeness (QED) is 0.759. The molecule has 3 rings (SSSR count). The maximum atomic E-state index is 12.6. The predicted octanol–water partition coefficient (Wildman–Crippen LogP) is 4.37. The zero-order valence-corrected chi connectivity index (χ0v) is 16.9. The molecule has 1 saturated heterocycles. The molecule has 0 atom stereocenters. The second-order valence-electron chi connectivity index (χ2n) is 7.70. The Labute approximate surface area is 167 Å². The highest BCUT2D eigenvalue weighted by atomic mass is 16.2. The van der Waals surface area contributed by atoms with E-state index in [2.05, 4.69) is 36.5 Å². The summed E-state index contributed by atoms with van der Waals surface area (Å²) in [6.45, 7) is 5.53. The topological polar surface area (TPSA) is 49.4 Å². The smallest absolute Gasteiger partial charge is 0.233 e. The molecule has 4 heteroatoms. The Morgan fingerprint density at radius 3 is 2.43 bits per heavy atom. The maximum absolute atomic E-state index is 12.6. The van der Waals surface area contributed by atoms with Gasteiger partial charge in [0.2, 0.25) is 11.8 Å². The largest absolute Gasteiger partial charge is 0.342 e. The summed E-state index contributed by atoms with van der Waals surface area (Å²) in [5.41, 5.74) is 4.34. The highest BCUT2D eigenvalue weighted by molar-refractivity contribution is 6.04. The van der Waals surface area contributed by atoms with Crippen molar-refractivity contribution in [2.45, 2.75) is 46.0 Å². The summed E-state index contributed by atoms with van der Waals surface area (Å²) in [7, 11) is 0. The van der Waals surface area contributed by atoms with E-state index in [4.69, 9.17) is 0 Å². The maximum Gasteiger partial charge on any atom is 0.233 e. The van der Waals surface area contributed by atoms with Crippen LogP contribution in [0.4, 0.5) is 5.69 Å². The first-order valence-corrected chi connectivity index (χ1v) is 10.3. The van der Waals surface area contributed by atoms with Gasteiger partial charge in [-0.2, -0.15) is 0 Å². The molecule has 0 spiro atoms. The van der Waals surface area contributed by atoms with Crippen LogP contribution in [0, 0.1) is 12.8 Å². The molecule has 1 heterocycles. The fourth-order valence-corrected chi connectivity index (χ4v) is 3.97. The van der Waals surface area contributed by atoms with E-state index in [0.29, 0.717) is 5.92 Å². The van der Waals surface area contributed by atoms with Crippen molar-refractivity contribution >= 4 is 17.5 Å². The highest BCUT2D eigenvalue weighted by Gasteiger charge is 2.24. The molecule has 148 valence electrons. The lowest BCUT2D eigenvalue weighted by Crippen LogP contribution is -2.40. The molecular weight excluding hydrogens is 348 g/mol. The third-order valence-electron chi connectivity index (χ3n) is 5.65. The van der Waals surface area contributed by atoms with Gasteiger partial charge >= 0.3 is 0 Å². The molecule has 0 aliphatic carbocycles. The fourth-order valence-electron chi connectivity index (χ4n) is 3.97. The van der Waals surface area contributed by atoms with Gasteiger partial charge in [-0.3, -0.25) is 9.59 Å². The van der Waals surface area contributed by atoms with Crippen LogP contribution in [0.2, 0.25) is 0 Å². The van der Waals surface area contributed by atoms with Gasteiger partial charge in [0.1, 0.15) is 6.42 Å². The number of para-hydroxylation sites is 1. The second-order valence-corrected chi connectivity index (χ2v) is 7.70. The highest BCUT2D eigenvalue weighted by Crippen LogP contribution is 2.23. The van der Waals surface area contributed by atoms with Crippen molar-refractivity contribution in [3.05, 3.63) is 65.2 Å². The second kappa shape index (κ2) is 9.54. The predicted molar refractivity (Wildman–Crippen MR) is 113 cm³/mol. The molecule has 28 heavy (non-hydrogen) atoms. The van der Waals surface area contributed by atoms with Gasteiger partial charge in [-0.1, -0.05) is 55.5 Å². The lowest BCUT2D eigenvalue weighted by molar-refractivity contribution is -0.135. The van der Waals surface area contributed by atoms with Crippen LogP contribution < -0.4 is 5.32 Å². The zero-order valence-electron chi connectivity index (χ0n) is 16.9. The van der Waals surface area contributed by atoms with E-state index < -0.39 is 0 Å². The molecule has 0 unspecified atom stereocenters. The summed E-state index contributed by atoms with van der Waals surface area (Å²) in [5.74, 6) is 0.321. The Bertz CT molecular complexity index is 809. The van der Waals surface area contributed by atoms with E-state index in [0.717, 1.165) is 55.6 Å². The summed E-state index contributed by atoms with van der Waals surface area (Å²) in [6.07, 6.45) is 3.83.